The number of thiazole rings is 1. The topological polar surface area (TPSA) is 53.4 Å². The molecule has 0 aromatic carbocycles. The van der Waals surface area contributed by atoms with Crippen molar-refractivity contribution in [1.29, 1.82) is 0 Å². The number of likely N-dealkylation sites (tertiary alicyclic amines) is 1. The SMILES string of the molecule is Cc1csc(C2CCCN(CCC(=O)O)C2)n1. The molecule has 1 aliphatic heterocycles. The van der Waals surface area contributed by atoms with E-state index in [1.54, 1.807) is 11.3 Å². The van der Waals surface area contributed by atoms with Gasteiger partial charge in [0.1, 0.15) is 0 Å². The molecule has 0 bridgehead atoms. The number of hydrogen-bond acceptors (Lipinski definition) is 4. The fraction of sp³-hybridized carbons (Fsp3) is 0.667. The van der Waals surface area contributed by atoms with E-state index in [9.17, 15) is 4.79 Å². The minimum absolute atomic E-state index is 0.240. The summed E-state index contributed by atoms with van der Waals surface area (Å²) in [4.78, 5) is 17.3. The average molecular weight is 254 g/mol. The lowest BCUT2D eigenvalue weighted by Crippen LogP contribution is -2.35. The standard InChI is InChI=1S/C12H18N2O2S/c1-9-8-17-12(13-9)10-3-2-5-14(7-10)6-4-11(15)16/h8,10H,2-7H2,1H3,(H,15,16). The molecular formula is C12H18N2O2S. The van der Waals surface area contributed by atoms with Gasteiger partial charge in [-0.25, -0.2) is 4.98 Å². The minimum Gasteiger partial charge on any atom is -0.481 e. The van der Waals surface area contributed by atoms with Crippen LogP contribution < -0.4 is 0 Å². The molecule has 4 nitrogen and oxygen atoms in total. The van der Waals surface area contributed by atoms with Crippen LogP contribution in [0, 0.1) is 6.92 Å². The van der Waals surface area contributed by atoms with Gasteiger partial charge in [0.25, 0.3) is 0 Å². The van der Waals surface area contributed by atoms with Gasteiger partial charge in [0.05, 0.1) is 11.4 Å². The average Bonchev–Trinajstić information content (AvgIpc) is 2.74. The summed E-state index contributed by atoms with van der Waals surface area (Å²) in [6.45, 7) is 4.66. The quantitative estimate of drug-likeness (QED) is 0.894. The molecule has 1 fully saturated rings. The van der Waals surface area contributed by atoms with Crippen molar-refractivity contribution in [1.82, 2.24) is 9.88 Å². The Morgan fingerprint density at radius 2 is 2.53 bits per heavy atom. The third-order valence-corrected chi connectivity index (χ3v) is 4.26. The molecule has 94 valence electrons. The molecule has 1 atom stereocenters. The summed E-state index contributed by atoms with van der Waals surface area (Å²) in [6, 6.07) is 0. The van der Waals surface area contributed by atoms with Crippen molar-refractivity contribution in [2.45, 2.75) is 32.1 Å². The fourth-order valence-electron chi connectivity index (χ4n) is 2.27. The number of carbonyl (C=O) groups is 1. The first-order chi connectivity index (χ1) is 8.15. The molecule has 0 radical (unpaired) electrons. The van der Waals surface area contributed by atoms with Gasteiger partial charge in [0.15, 0.2) is 0 Å². The van der Waals surface area contributed by atoms with Crippen molar-refractivity contribution in [3.05, 3.63) is 16.1 Å². The predicted molar refractivity (Wildman–Crippen MR) is 67.5 cm³/mol. The second kappa shape index (κ2) is 5.60. The largest absolute Gasteiger partial charge is 0.481 e. The Labute approximate surface area is 105 Å². The number of nitrogens with zero attached hydrogens (tertiary/aromatic N) is 2. The summed E-state index contributed by atoms with van der Waals surface area (Å²) in [5.41, 5.74) is 1.09. The van der Waals surface area contributed by atoms with Gasteiger partial charge in [0.2, 0.25) is 0 Å². The van der Waals surface area contributed by atoms with E-state index in [0.717, 1.165) is 25.2 Å². The molecule has 1 saturated heterocycles. The third-order valence-electron chi connectivity index (χ3n) is 3.13. The van der Waals surface area contributed by atoms with Gasteiger partial charge < -0.3 is 10.0 Å². The predicted octanol–water partition coefficient (Wildman–Crippen LogP) is 2.11. The molecule has 1 aromatic rings. The zero-order valence-corrected chi connectivity index (χ0v) is 10.9. The minimum atomic E-state index is -0.711. The van der Waals surface area contributed by atoms with Crippen LogP contribution in [-0.2, 0) is 4.79 Å². The maximum absolute atomic E-state index is 10.6. The Balaban J connectivity index is 1.90. The Hall–Kier alpha value is -0.940. The maximum atomic E-state index is 10.6. The molecule has 1 N–H and O–H groups in total. The van der Waals surface area contributed by atoms with Crippen LogP contribution in [-0.4, -0.2) is 40.6 Å². The summed E-state index contributed by atoms with van der Waals surface area (Å²) in [7, 11) is 0. The van der Waals surface area contributed by atoms with Crippen molar-refractivity contribution in [3.63, 3.8) is 0 Å². The van der Waals surface area contributed by atoms with E-state index < -0.39 is 5.97 Å². The number of piperidine rings is 1. The first kappa shape index (κ1) is 12.5. The second-order valence-corrected chi connectivity index (χ2v) is 5.50. The van der Waals surface area contributed by atoms with Crippen LogP contribution in [0.2, 0.25) is 0 Å². The normalized spacial score (nSPS) is 21.6. The number of aliphatic carboxylic acids is 1. The molecule has 2 rings (SSSR count). The van der Waals surface area contributed by atoms with Crippen LogP contribution in [0.1, 0.15) is 35.9 Å². The lowest BCUT2D eigenvalue weighted by molar-refractivity contribution is -0.137. The molecule has 17 heavy (non-hydrogen) atoms. The molecule has 1 aromatic heterocycles. The highest BCUT2D eigenvalue weighted by Crippen LogP contribution is 2.29. The van der Waals surface area contributed by atoms with Crippen LogP contribution in [0.3, 0.4) is 0 Å². The van der Waals surface area contributed by atoms with Crippen molar-refractivity contribution < 1.29 is 9.90 Å². The first-order valence-electron chi connectivity index (χ1n) is 6.01. The Bertz CT molecular complexity index is 392. The van der Waals surface area contributed by atoms with Gasteiger partial charge in [-0.1, -0.05) is 0 Å². The highest BCUT2D eigenvalue weighted by atomic mass is 32.1. The molecule has 2 heterocycles. The highest BCUT2D eigenvalue weighted by Gasteiger charge is 2.23. The van der Waals surface area contributed by atoms with E-state index in [-0.39, 0.29) is 6.42 Å². The molecule has 0 saturated carbocycles. The summed E-state index contributed by atoms with van der Waals surface area (Å²) >= 11 is 1.73. The Morgan fingerprint density at radius 1 is 1.71 bits per heavy atom. The zero-order valence-electron chi connectivity index (χ0n) is 10.1. The van der Waals surface area contributed by atoms with Gasteiger partial charge >= 0.3 is 5.97 Å². The molecule has 1 unspecified atom stereocenters. The van der Waals surface area contributed by atoms with Crippen LogP contribution in [0.4, 0.5) is 0 Å². The van der Waals surface area contributed by atoms with Gasteiger partial charge in [-0.05, 0) is 26.3 Å². The van der Waals surface area contributed by atoms with Crippen LogP contribution in [0.15, 0.2) is 5.38 Å². The molecule has 5 heteroatoms. The van der Waals surface area contributed by atoms with E-state index in [1.807, 2.05) is 6.92 Å². The van der Waals surface area contributed by atoms with Crippen molar-refractivity contribution in [2.24, 2.45) is 0 Å². The van der Waals surface area contributed by atoms with Crippen molar-refractivity contribution >= 4 is 17.3 Å². The lowest BCUT2D eigenvalue weighted by atomic mass is 9.98. The number of hydrogen-bond donors (Lipinski definition) is 1. The fourth-order valence-corrected chi connectivity index (χ4v) is 3.20. The van der Waals surface area contributed by atoms with Gasteiger partial charge in [-0.15, -0.1) is 11.3 Å². The second-order valence-electron chi connectivity index (χ2n) is 4.61. The van der Waals surface area contributed by atoms with Crippen LogP contribution in [0.25, 0.3) is 0 Å². The number of rotatable bonds is 4. The van der Waals surface area contributed by atoms with Crippen molar-refractivity contribution in [3.8, 4) is 0 Å². The van der Waals surface area contributed by atoms with E-state index in [0.29, 0.717) is 12.5 Å². The number of aryl methyl sites for hydroxylation is 1. The van der Waals surface area contributed by atoms with E-state index in [1.165, 1.54) is 11.4 Å². The van der Waals surface area contributed by atoms with Crippen molar-refractivity contribution in [2.75, 3.05) is 19.6 Å². The Morgan fingerprint density at radius 3 is 3.18 bits per heavy atom. The lowest BCUT2D eigenvalue weighted by Gasteiger charge is -2.31. The molecular weight excluding hydrogens is 236 g/mol. The zero-order chi connectivity index (χ0) is 12.3. The number of carboxylic acid groups (broad SMARTS) is 1. The monoisotopic (exact) mass is 254 g/mol. The van der Waals surface area contributed by atoms with E-state index in [2.05, 4.69) is 15.3 Å². The molecule has 0 aliphatic carbocycles. The van der Waals surface area contributed by atoms with Gasteiger partial charge in [0, 0.05) is 30.1 Å². The summed E-state index contributed by atoms with van der Waals surface area (Å²) in [5, 5.41) is 12.0. The van der Waals surface area contributed by atoms with Crippen LogP contribution >= 0.6 is 11.3 Å². The van der Waals surface area contributed by atoms with Crippen LogP contribution in [0.5, 0.6) is 0 Å². The number of carboxylic acids is 1. The van der Waals surface area contributed by atoms with Gasteiger partial charge in [-0.3, -0.25) is 4.79 Å². The maximum Gasteiger partial charge on any atom is 0.304 e. The molecule has 0 amide bonds. The molecule has 1 aliphatic rings. The first-order valence-corrected chi connectivity index (χ1v) is 6.89. The smallest absolute Gasteiger partial charge is 0.304 e. The van der Waals surface area contributed by atoms with E-state index in [4.69, 9.17) is 5.11 Å². The summed E-state index contributed by atoms with van der Waals surface area (Å²) < 4.78 is 0. The highest BCUT2D eigenvalue weighted by molar-refractivity contribution is 7.09. The number of aromatic nitrogens is 1. The summed E-state index contributed by atoms with van der Waals surface area (Å²) in [6.07, 6.45) is 2.56. The summed E-state index contributed by atoms with van der Waals surface area (Å²) in [5.74, 6) is -0.214. The Kier molecular flexibility index (Phi) is 4.12. The molecule has 0 spiro atoms. The third kappa shape index (κ3) is 3.51. The van der Waals surface area contributed by atoms with E-state index >= 15 is 0 Å². The van der Waals surface area contributed by atoms with Gasteiger partial charge in [-0.2, -0.15) is 0 Å².